The molecule has 1 aromatic carbocycles. The molecule has 17 heavy (non-hydrogen) atoms. The summed E-state index contributed by atoms with van der Waals surface area (Å²) in [7, 11) is 0. The zero-order valence-electron chi connectivity index (χ0n) is 10.4. The van der Waals surface area contributed by atoms with Crippen molar-refractivity contribution >= 4 is 11.6 Å². The molecule has 4 nitrogen and oxygen atoms in total. The van der Waals surface area contributed by atoms with Crippen LogP contribution in [-0.2, 0) is 17.6 Å². The number of aliphatic hydroxyl groups is 1. The third-order valence-corrected chi connectivity index (χ3v) is 2.78. The third kappa shape index (κ3) is 3.28. The second-order valence-electron chi connectivity index (χ2n) is 3.94. The Morgan fingerprint density at radius 2 is 1.88 bits per heavy atom. The fraction of sp³-hybridized carbons (Fsp3) is 0.462. The van der Waals surface area contributed by atoms with Crippen LogP contribution >= 0.6 is 0 Å². The number of anilines is 1. The number of amides is 1. The van der Waals surface area contributed by atoms with Crippen molar-refractivity contribution in [3.63, 3.8) is 0 Å². The fourth-order valence-corrected chi connectivity index (χ4v) is 1.70. The van der Waals surface area contributed by atoms with E-state index in [1.54, 1.807) is 0 Å². The van der Waals surface area contributed by atoms with Gasteiger partial charge in [-0.05, 0) is 24.0 Å². The first-order valence-electron chi connectivity index (χ1n) is 5.92. The maximum Gasteiger partial charge on any atom is 0.243 e. The van der Waals surface area contributed by atoms with Gasteiger partial charge in [0.15, 0.2) is 0 Å². The molecule has 0 heterocycles. The average Bonchev–Trinajstić information content (AvgIpc) is 2.37. The van der Waals surface area contributed by atoms with Gasteiger partial charge in [0, 0.05) is 5.69 Å². The third-order valence-electron chi connectivity index (χ3n) is 2.78. The predicted molar refractivity (Wildman–Crippen MR) is 68.9 cm³/mol. The Kier molecular flexibility index (Phi) is 5.12. The van der Waals surface area contributed by atoms with Crippen LogP contribution in [0.15, 0.2) is 18.2 Å². The molecule has 94 valence electrons. The lowest BCUT2D eigenvalue weighted by Crippen LogP contribution is -2.38. The van der Waals surface area contributed by atoms with Crippen molar-refractivity contribution in [2.45, 2.75) is 32.7 Å². The highest BCUT2D eigenvalue weighted by molar-refractivity contribution is 5.96. The van der Waals surface area contributed by atoms with Crippen LogP contribution < -0.4 is 11.1 Å². The average molecular weight is 236 g/mol. The lowest BCUT2D eigenvalue weighted by Gasteiger charge is -2.16. The highest BCUT2D eigenvalue weighted by Crippen LogP contribution is 2.22. The molecular formula is C13H20N2O2. The molecule has 1 rings (SSSR count). The number of nitrogens with one attached hydrogen (secondary N) is 1. The molecule has 1 amide bonds. The lowest BCUT2D eigenvalue weighted by molar-refractivity contribution is -0.118. The van der Waals surface area contributed by atoms with E-state index in [0.29, 0.717) is 0 Å². The Hall–Kier alpha value is -1.39. The minimum absolute atomic E-state index is 0.344. The van der Waals surface area contributed by atoms with Gasteiger partial charge >= 0.3 is 0 Å². The van der Waals surface area contributed by atoms with Crippen molar-refractivity contribution in [2.75, 3.05) is 11.9 Å². The number of carbonyl (C=O) groups is 1. The van der Waals surface area contributed by atoms with E-state index in [0.717, 1.165) is 29.7 Å². The van der Waals surface area contributed by atoms with Crippen LogP contribution in [0.4, 0.5) is 5.69 Å². The van der Waals surface area contributed by atoms with E-state index < -0.39 is 6.04 Å². The van der Waals surface area contributed by atoms with E-state index in [4.69, 9.17) is 10.8 Å². The fourth-order valence-electron chi connectivity index (χ4n) is 1.70. The summed E-state index contributed by atoms with van der Waals surface area (Å²) in [6, 6.07) is 5.09. The SMILES string of the molecule is CCc1cccc(CC)c1NC(=O)C(N)CO. The van der Waals surface area contributed by atoms with E-state index in [-0.39, 0.29) is 12.5 Å². The highest BCUT2D eigenvalue weighted by atomic mass is 16.3. The highest BCUT2D eigenvalue weighted by Gasteiger charge is 2.15. The number of nitrogens with two attached hydrogens (primary N) is 1. The Balaban J connectivity index is 2.99. The van der Waals surface area contributed by atoms with Gasteiger partial charge in [-0.1, -0.05) is 32.0 Å². The Labute approximate surface area is 102 Å². The number of benzene rings is 1. The summed E-state index contributed by atoms with van der Waals surface area (Å²) >= 11 is 0. The van der Waals surface area contributed by atoms with Crippen LogP contribution in [0, 0.1) is 0 Å². The molecule has 0 saturated carbocycles. The Morgan fingerprint density at radius 3 is 2.29 bits per heavy atom. The van der Waals surface area contributed by atoms with Crippen molar-refractivity contribution in [3.8, 4) is 0 Å². The number of hydrogen-bond donors (Lipinski definition) is 3. The van der Waals surface area contributed by atoms with E-state index in [1.165, 1.54) is 0 Å². The molecule has 0 aliphatic carbocycles. The van der Waals surface area contributed by atoms with Crippen LogP contribution in [-0.4, -0.2) is 23.7 Å². The second kappa shape index (κ2) is 6.37. The summed E-state index contributed by atoms with van der Waals surface area (Å²) in [4.78, 5) is 11.7. The van der Waals surface area contributed by atoms with Crippen LogP contribution in [0.5, 0.6) is 0 Å². The molecule has 0 bridgehead atoms. The van der Waals surface area contributed by atoms with Gasteiger partial charge in [0.25, 0.3) is 0 Å². The first-order valence-corrected chi connectivity index (χ1v) is 5.92. The van der Waals surface area contributed by atoms with Gasteiger partial charge in [0.2, 0.25) is 5.91 Å². The molecule has 0 radical (unpaired) electrons. The first-order chi connectivity index (χ1) is 8.13. The molecule has 4 N–H and O–H groups in total. The van der Waals surface area contributed by atoms with Crippen molar-refractivity contribution in [1.82, 2.24) is 0 Å². The maximum absolute atomic E-state index is 11.7. The van der Waals surface area contributed by atoms with Gasteiger partial charge in [0.1, 0.15) is 6.04 Å². The van der Waals surface area contributed by atoms with E-state index in [1.807, 2.05) is 32.0 Å². The first kappa shape index (κ1) is 13.7. The van der Waals surface area contributed by atoms with Gasteiger partial charge < -0.3 is 16.2 Å². The van der Waals surface area contributed by atoms with Crippen molar-refractivity contribution in [2.24, 2.45) is 5.73 Å². The van der Waals surface area contributed by atoms with Gasteiger partial charge in [-0.25, -0.2) is 0 Å². The predicted octanol–water partition coefficient (Wildman–Crippen LogP) is 1.07. The van der Waals surface area contributed by atoms with E-state index in [2.05, 4.69) is 5.32 Å². The van der Waals surface area contributed by atoms with Gasteiger partial charge in [-0.3, -0.25) is 4.79 Å². The zero-order valence-corrected chi connectivity index (χ0v) is 10.4. The van der Waals surface area contributed by atoms with Crippen LogP contribution in [0.2, 0.25) is 0 Å². The quantitative estimate of drug-likeness (QED) is 0.716. The summed E-state index contributed by atoms with van der Waals surface area (Å²) < 4.78 is 0. The monoisotopic (exact) mass is 236 g/mol. The zero-order chi connectivity index (χ0) is 12.8. The van der Waals surface area contributed by atoms with Crippen LogP contribution in [0.1, 0.15) is 25.0 Å². The molecule has 1 unspecified atom stereocenters. The molecule has 0 aromatic heterocycles. The summed E-state index contributed by atoms with van der Waals surface area (Å²) in [6.07, 6.45) is 1.69. The van der Waals surface area contributed by atoms with Crippen molar-refractivity contribution in [3.05, 3.63) is 29.3 Å². The normalized spacial score (nSPS) is 12.2. The molecule has 1 atom stereocenters. The smallest absolute Gasteiger partial charge is 0.243 e. The molecule has 0 spiro atoms. The van der Waals surface area contributed by atoms with Crippen molar-refractivity contribution < 1.29 is 9.90 Å². The van der Waals surface area contributed by atoms with Crippen LogP contribution in [0.25, 0.3) is 0 Å². The number of rotatable bonds is 5. The van der Waals surface area contributed by atoms with Crippen molar-refractivity contribution in [1.29, 1.82) is 0 Å². The van der Waals surface area contributed by atoms with E-state index in [9.17, 15) is 4.79 Å². The Morgan fingerprint density at radius 1 is 1.35 bits per heavy atom. The van der Waals surface area contributed by atoms with Crippen LogP contribution in [0.3, 0.4) is 0 Å². The number of para-hydroxylation sites is 1. The number of hydrogen-bond acceptors (Lipinski definition) is 3. The molecule has 1 aromatic rings. The van der Waals surface area contributed by atoms with Gasteiger partial charge in [0.05, 0.1) is 6.61 Å². The molecule has 0 fully saturated rings. The minimum atomic E-state index is -0.871. The number of carbonyl (C=O) groups excluding carboxylic acids is 1. The van der Waals surface area contributed by atoms with E-state index >= 15 is 0 Å². The summed E-state index contributed by atoms with van der Waals surface area (Å²) in [5.74, 6) is -0.344. The topological polar surface area (TPSA) is 75.4 Å². The number of aliphatic hydroxyl groups excluding tert-OH is 1. The minimum Gasteiger partial charge on any atom is -0.394 e. The maximum atomic E-state index is 11.7. The largest absolute Gasteiger partial charge is 0.394 e. The second-order valence-corrected chi connectivity index (χ2v) is 3.94. The molecule has 0 saturated heterocycles. The molecule has 0 aliphatic heterocycles. The Bertz CT molecular complexity index is 369. The summed E-state index contributed by atoms with van der Waals surface area (Å²) in [5, 5.41) is 11.7. The summed E-state index contributed by atoms with van der Waals surface area (Å²) in [6.45, 7) is 3.73. The standard InChI is InChI=1S/C13H20N2O2/c1-3-9-6-5-7-10(4-2)12(9)15-13(17)11(14)8-16/h5-7,11,16H,3-4,8,14H2,1-2H3,(H,15,17). The lowest BCUT2D eigenvalue weighted by atomic mass is 10.0. The summed E-state index contributed by atoms with van der Waals surface area (Å²) in [5.41, 5.74) is 8.50. The molecular weight excluding hydrogens is 216 g/mol. The van der Waals surface area contributed by atoms with Gasteiger partial charge in [-0.15, -0.1) is 0 Å². The number of aryl methyl sites for hydroxylation is 2. The molecule has 4 heteroatoms. The molecule has 0 aliphatic rings. The van der Waals surface area contributed by atoms with Gasteiger partial charge in [-0.2, -0.15) is 0 Å².